The zero-order chi connectivity index (χ0) is 13.9. The summed E-state index contributed by atoms with van der Waals surface area (Å²) in [6, 6.07) is 12.3. The maximum absolute atomic E-state index is 5.58. The van der Waals surface area contributed by atoms with Gasteiger partial charge in [-0.1, -0.05) is 28.1 Å². The molecule has 104 valence electrons. The lowest BCUT2D eigenvalue weighted by Crippen LogP contribution is -2.15. The van der Waals surface area contributed by atoms with Crippen LogP contribution in [0.25, 0.3) is 0 Å². The Kier molecular flexibility index (Phi) is 3.83. The van der Waals surface area contributed by atoms with Crippen molar-refractivity contribution in [2.75, 3.05) is 18.5 Å². The van der Waals surface area contributed by atoms with Gasteiger partial charge in [-0.3, -0.25) is 0 Å². The molecular formula is C16H16BrNO2. The maximum atomic E-state index is 5.58. The lowest BCUT2D eigenvalue weighted by Gasteiger charge is -2.19. The van der Waals surface area contributed by atoms with E-state index in [9.17, 15) is 0 Å². The zero-order valence-electron chi connectivity index (χ0n) is 11.3. The van der Waals surface area contributed by atoms with Crippen LogP contribution < -0.4 is 14.8 Å². The van der Waals surface area contributed by atoms with Gasteiger partial charge in [0.05, 0.1) is 0 Å². The molecule has 3 nitrogen and oxygen atoms in total. The summed E-state index contributed by atoms with van der Waals surface area (Å²) in [6.45, 7) is 4.12. The summed E-state index contributed by atoms with van der Waals surface area (Å²) in [4.78, 5) is 0. The normalized spacial score (nSPS) is 13.1. The molecule has 2 aromatic rings. The van der Waals surface area contributed by atoms with E-state index < -0.39 is 0 Å². The van der Waals surface area contributed by atoms with Crippen molar-refractivity contribution in [3.8, 4) is 11.5 Å². The molecule has 0 unspecified atom stereocenters. The molecule has 0 saturated carbocycles. The number of hydrogen-bond donors (Lipinski definition) is 1. The second-order valence-electron chi connectivity index (χ2n) is 4.80. The first-order valence-corrected chi connectivity index (χ1v) is 7.40. The van der Waals surface area contributed by atoms with Gasteiger partial charge >= 0.3 is 0 Å². The van der Waals surface area contributed by atoms with E-state index in [0.29, 0.717) is 13.2 Å². The second kappa shape index (κ2) is 5.75. The molecule has 0 spiro atoms. The molecule has 0 aromatic heterocycles. The highest BCUT2D eigenvalue weighted by Crippen LogP contribution is 2.32. The van der Waals surface area contributed by atoms with Gasteiger partial charge in [0.1, 0.15) is 13.2 Å². The molecule has 4 heteroatoms. The van der Waals surface area contributed by atoms with Gasteiger partial charge in [0, 0.05) is 22.8 Å². The Bertz CT molecular complexity index is 628. The Labute approximate surface area is 127 Å². The van der Waals surface area contributed by atoms with E-state index in [1.807, 2.05) is 18.2 Å². The Morgan fingerprint density at radius 1 is 1.05 bits per heavy atom. The van der Waals surface area contributed by atoms with Crippen LogP contribution >= 0.6 is 15.9 Å². The van der Waals surface area contributed by atoms with Crippen LogP contribution in [0.5, 0.6) is 11.5 Å². The summed E-state index contributed by atoms with van der Waals surface area (Å²) in [7, 11) is 0. The van der Waals surface area contributed by atoms with Crippen LogP contribution in [0.15, 0.2) is 40.9 Å². The van der Waals surface area contributed by atoms with Crippen LogP contribution in [-0.2, 0) is 6.54 Å². The molecule has 0 bridgehead atoms. The van der Waals surface area contributed by atoms with Crippen LogP contribution in [0, 0.1) is 6.92 Å². The van der Waals surface area contributed by atoms with Crippen LogP contribution in [0.3, 0.4) is 0 Å². The minimum Gasteiger partial charge on any atom is -0.486 e. The van der Waals surface area contributed by atoms with Crippen molar-refractivity contribution in [3.05, 3.63) is 52.0 Å². The lowest BCUT2D eigenvalue weighted by atomic mass is 10.1. The standard InChI is InChI=1S/C16H16BrNO2/c1-11-8-12(2-4-14(11)17)10-18-13-3-5-15-16(9-13)20-7-6-19-15/h2-5,8-9,18H,6-7,10H2,1H3. The number of rotatable bonds is 3. The van der Waals surface area contributed by atoms with Gasteiger partial charge in [0.2, 0.25) is 0 Å². The number of ether oxygens (including phenoxy) is 2. The molecule has 0 saturated heterocycles. The Hall–Kier alpha value is -1.68. The summed E-state index contributed by atoms with van der Waals surface area (Å²) >= 11 is 3.52. The highest BCUT2D eigenvalue weighted by molar-refractivity contribution is 9.10. The first-order valence-electron chi connectivity index (χ1n) is 6.61. The fourth-order valence-corrected chi connectivity index (χ4v) is 2.42. The summed E-state index contributed by atoms with van der Waals surface area (Å²) < 4.78 is 12.2. The van der Waals surface area contributed by atoms with Gasteiger partial charge < -0.3 is 14.8 Å². The van der Waals surface area contributed by atoms with Crippen molar-refractivity contribution in [1.29, 1.82) is 0 Å². The molecule has 20 heavy (non-hydrogen) atoms. The van der Waals surface area contributed by atoms with Crippen molar-refractivity contribution >= 4 is 21.6 Å². The predicted molar refractivity (Wildman–Crippen MR) is 83.6 cm³/mol. The van der Waals surface area contributed by atoms with Crippen LogP contribution in [0.1, 0.15) is 11.1 Å². The van der Waals surface area contributed by atoms with Gasteiger partial charge in [-0.15, -0.1) is 0 Å². The first-order chi connectivity index (χ1) is 9.72. The third-order valence-electron chi connectivity index (χ3n) is 3.26. The number of halogens is 1. The summed E-state index contributed by atoms with van der Waals surface area (Å²) in [5.74, 6) is 1.63. The van der Waals surface area contributed by atoms with E-state index in [4.69, 9.17) is 9.47 Å². The van der Waals surface area contributed by atoms with Crippen molar-refractivity contribution in [2.45, 2.75) is 13.5 Å². The Morgan fingerprint density at radius 2 is 1.85 bits per heavy atom. The topological polar surface area (TPSA) is 30.5 Å². The molecule has 0 fully saturated rings. The molecule has 1 heterocycles. The highest BCUT2D eigenvalue weighted by atomic mass is 79.9. The molecule has 1 aliphatic heterocycles. The van der Waals surface area contributed by atoms with E-state index >= 15 is 0 Å². The number of nitrogens with one attached hydrogen (secondary N) is 1. The Morgan fingerprint density at radius 3 is 2.65 bits per heavy atom. The van der Waals surface area contributed by atoms with Crippen molar-refractivity contribution < 1.29 is 9.47 Å². The average molecular weight is 334 g/mol. The average Bonchev–Trinajstić information content (AvgIpc) is 2.48. The molecule has 2 aromatic carbocycles. The molecule has 0 aliphatic carbocycles. The molecule has 1 N–H and O–H groups in total. The SMILES string of the molecule is Cc1cc(CNc2ccc3c(c2)OCCO3)ccc1Br. The third-order valence-corrected chi connectivity index (χ3v) is 4.15. The number of benzene rings is 2. The minimum absolute atomic E-state index is 0.613. The summed E-state index contributed by atoms with van der Waals surface area (Å²) in [5, 5.41) is 3.41. The van der Waals surface area contributed by atoms with Gasteiger partial charge in [0.15, 0.2) is 11.5 Å². The highest BCUT2D eigenvalue weighted by Gasteiger charge is 2.11. The minimum atomic E-state index is 0.613. The van der Waals surface area contributed by atoms with E-state index in [1.165, 1.54) is 11.1 Å². The first kappa shape index (κ1) is 13.3. The van der Waals surface area contributed by atoms with Crippen molar-refractivity contribution in [3.63, 3.8) is 0 Å². The van der Waals surface area contributed by atoms with E-state index in [0.717, 1.165) is 28.2 Å². The number of anilines is 1. The summed E-state index contributed by atoms with van der Waals surface area (Å²) in [5.41, 5.74) is 3.53. The molecule has 0 atom stereocenters. The molecule has 3 rings (SSSR count). The second-order valence-corrected chi connectivity index (χ2v) is 5.65. The van der Waals surface area contributed by atoms with Crippen molar-refractivity contribution in [2.24, 2.45) is 0 Å². The smallest absolute Gasteiger partial charge is 0.163 e. The van der Waals surface area contributed by atoms with Gasteiger partial charge in [0.25, 0.3) is 0 Å². The fraction of sp³-hybridized carbons (Fsp3) is 0.250. The van der Waals surface area contributed by atoms with E-state index in [1.54, 1.807) is 0 Å². The van der Waals surface area contributed by atoms with Gasteiger partial charge in [-0.25, -0.2) is 0 Å². The molecule has 1 aliphatic rings. The number of fused-ring (bicyclic) bond motifs is 1. The van der Waals surface area contributed by atoms with Crippen LogP contribution in [0.4, 0.5) is 5.69 Å². The number of aryl methyl sites for hydroxylation is 1. The summed E-state index contributed by atoms with van der Waals surface area (Å²) in [6.07, 6.45) is 0. The zero-order valence-corrected chi connectivity index (χ0v) is 12.9. The van der Waals surface area contributed by atoms with Gasteiger partial charge in [-0.2, -0.15) is 0 Å². The predicted octanol–water partition coefficient (Wildman–Crippen LogP) is 4.14. The van der Waals surface area contributed by atoms with Crippen molar-refractivity contribution in [1.82, 2.24) is 0 Å². The maximum Gasteiger partial charge on any atom is 0.163 e. The largest absolute Gasteiger partial charge is 0.486 e. The van der Waals surface area contributed by atoms with Crippen LogP contribution in [0.2, 0.25) is 0 Å². The van der Waals surface area contributed by atoms with Gasteiger partial charge in [-0.05, 0) is 36.2 Å². The number of hydrogen-bond acceptors (Lipinski definition) is 3. The Balaban J connectivity index is 1.70. The lowest BCUT2D eigenvalue weighted by molar-refractivity contribution is 0.171. The molecule has 0 radical (unpaired) electrons. The monoisotopic (exact) mass is 333 g/mol. The third kappa shape index (κ3) is 2.90. The molecular weight excluding hydrogens is 318 g/mol. The quantitative estimate of drug-likeness (QED) is 0.915. The fourth-order valence-electron chi connectivity index (χ4n) is 2.17. The molecule has 0 amide bonds. The van der Waals surface area contributed by atoms with Crippen LogP contribution in [-0.4, -0.2) is 13.2 Å². The van der Waals surface area contributed by atoms with E-state index in [2.05, 4.69) is 46.4 Å². The van der Waals surface area contributed by atoms with E-state index in [-0.39, 0.29) is 0 Å².